The van der Waals surface area contributed by atoms with E-state index in [2.05, 4.69) is 27.7 Å². The van der Waals surface area contributed by atoms with Crippen LogP contribution >= 0.6 is 0 Å². The zero-order valence-electron chi connectivity index (χ0n) is 23.8. The Hall–Kier alpha value is -3.80. The van der Waals surface area contributed by atoms with Gasteiger partial charge in [0.1, 0.15) is 0 Å². The van der Waals surface area contributed by atoms with Crippen LogP contribution in [0.5, 0.6) is 0 Å². The van der Waals surface area contributed by atoms with E-state index in [1.807, 2.05) is 36.4 Å². The minimum absolute atomic E-state index is 0.155. The summed E-state index contributed by atoms with van der Waals surface area (Å²) >= 11 is 0. The molecular formula is C34H36N2O4. The summed E-state index contributed by atoms with van der Waals surface area (Å²) in [6.07, 6.45) is 6.55. The lowest BCUT2D eigenvalue weighted by atomic mass is 9.88. The van der Waals surface area contributed by atoms with Gasteiger partial charge in [-0.25, -0.2) is 0 Å². The first-order valence-electron chi connectivity index (χ1n) is 14.9. The molecule has 0 aliphatic rings. The van der Waals surface area contributed by atoms with Gasteiger partial charge >= 0.3 is 0 Å². The van der Waals surface area contributed by atoms with Crippen LogP contribution in [-0.2, 0) is 0 Å². The number of rotatable bonds is 10. The van der Waals surface area contributed by atoms with Crippen molar-refractivity contribution < 1.29 is 0 Å². The van der Waals surface area contributed by atoms with Crippen LogP contribution < -0.4 is 22.2 Å². The van der Waals surface area contributed by atoms with E-state index in [1.54, 1.807) is 0 Å². The van der Waals surface area contributed by atoms with E-state index in [0.29, 0.717) is 43.1 Å². The standard InChI is InChI=1S/C34H36N2O4/c1-5-11-19(12-6-2)35-31(37)27-21-15-9-17-23-25(21)26-22(28(27)32(35)38)16-10-18-24(26)30-29(23)33(39)36(34(30)40)20(13-7-3)14-8-4/h9-10,15-20H,5-8,11-14H2,1-4H3. The van der Waals surface area contributed by atoms with Gasteiger partial charge in [-0.1, -0.05) is 89.8 Å². The molecule has 206 valence electrons. The molecule has 6 nitrogen and oxygen atoms in total. The zero-order chi connectivity index (χ0) is 28.3. The highest BCUT2D eigenvalue weighted by molar-refractivity contribution is 6.39. The molecule has 40 heavy (non-hydrogen) atoms. The van der Waals surface area contributed by atoms with E-state index in [1.165, 1.54) is 9.13 Å². The summed E-state index contributed by atoms with van der Waals surface area (Å²) < 4.78 is 2.96. The second-order valence-corrected chi connectivity index (χ2v) is 11.4. The fraction of sp³-hybridized carbons (Fsp3) is 0.412. The van der Waals surface area contributed by atoms with E-state index in [4.69, 9.17) is 0 Å². The van der Waals surface area contributed by atoms with Gasteiger partial charge in [0.25, 0.3) is 22.2 Å². The number of hydrogen-bond donors (Lipinski definition) is 0. The summed E-state index contributed by atoms with van der Waals surface area (Å²) in [5, 5.41) is 6.03. The van der Waals surface area contributed by atoms with Crippen LogP contribution in [0, 0.1) is 0 Å². The van der Waals surface area contributed by atoms with Gasteiger partial charge in [0.05, 0.1) is 21.5 Å². The van der Waals surface area contributed by atoms with Crippen molar-refractivity contribution in [3.8, 4) is 0 Å². The lowest BCUT2D eigenvalue weighted by Crippen LogP contribution is -2.30. The molecule has 0 radical (unpaired) electrons. The van der Waals surface area contributed by atoms with Gasteiger partial charge < -0.3 is 0 Å². The zero-order valence-corrected chi connectivity index (χ0v) is 23.8. The molecule has 0 saturated heterocycles. The first-order valence-corrected chi connectivity index (χ1v) is 14.9. The molecule has 0 fully saturated rings. The van der Waals surface area contributed by atoms with Crippen molar-refractivity contribution in [2.24, 2.45) is 0 Å². The highest BCUT2D eigenvalue weighted by atomic mass is 16.2. The summed E-state index contributed by atoms with van der Waals surface area (Å²) in [5.74, 6) is 0. The monoisotopic (exact) mass is 536 g/mol. The highest BCUT2D eigenvalue weighted by Crippen LogP contribution is 2.42. The van der Waals surface area contributed by atoms with Crippen molar-refractivity contribution in [2.75, 3.05) is 0 Å². The third-order valence-corrected chi connectivity index (χ3v) is 8.90. The average molecular weight is 537 g/mol. The molecule has 2 aromatic heterocycles. The van der Waals surface area contributed by atoms with Gasteiger partial charge in [0, 0.05) is 12.1 Å². The molecule has 6 aromatic rings. The second kappa shape index (κ2) is 9.99. The summed E-state index contributed by atoms with van der Waals surface area (Å²) in [4.78, 5) is 56.3. The molecule has 0 bridgehead atoms. The van der Waals surface area contributed by atoms with Crippen molar-refractivity contribution >= 4 is 53.9 Å². The third kappa shape index (κ3) is 3.47. The normalized spacial score (nSPS) is 12.7. The first-order chi connectivity index (χ1) is 19.4. The topological polar surface area (TPSA) is 78.1 Å². The van der Waals surface area contributed by atoms with Crippen molar-refractivity contribution in [3.63, 3.8) is 0 Å². The quantitative estimate of drug-likeness (QED) is 0.175. The van der Waals surface area contributed by atoms with E-state index in [9.17, 15) is 19.2 Å². The van der Waals surface area contributed by atoms with Crippen LogP contribution in [0.4, 0.5) is 0 Å². The molecule has 0 atom stereocenters. The van der Waals surface area contributed by atoms with Gasteiger partial charge in [-0.05, 0) is 58.0 Å². The van der Waals surface area contributed by atoms with E-state index in [0.717, 1.165) is 62.1 Å². The van der Waals surface area contributed by atoms with E-state index < -0.39 is 0 Å². The molecule has 0 aliphatic heterocycles. The molecule has 0 unspecified atom stereocenters. The average Bonchev–Trinajstić information content (AvgIpc) is 3.37. The van der Waals surface area contributed by atoms with Crippen LogP contribution in [0.1, 0.15) is 91.1 Å². The number of hydrogen-bond acceptors (Lipinski definition) is 4. The Morgan fingerprint density at radius 1 is 0.450 bits per heavy atom. The van der Waals surface area contributed by atoms with Crippen LogP contribution in [0.25, 0.3) is 53.9 Å². The van der Waals surface area contributed by atoms with Gasteiger partial charge in [-0.2, -0.15) is 0 Å². The maximum Gasteiger partial charge on any atom is 0.262 e. The molecule has 0 N–H and O–H groups in total. The molecule has 4 aromatic carbocycles. The largest absolute Gasteiger partial charge is 0.271 e. The van der Waals surface area contributed by atoms with Gasteiger partial charge in [-0.3, -0.25) is 28.3 Å². The number of fused-ring (bicyclic) bond motifs is 6. The second-order valence-electron chi connectivity index (χ2n) is 11.4. The van der Waals surface area contributed by atoms with Crippen molar-refractivity contribution in [1.29, 1.82) is 0 Å². The van der Waals surface area contributed by atoms with Crippen molar-refractivity contribution in [2.45, 2.75) is 91.1 Å². The summed E-state index contributed by atoms with van der Waals surface area (Å²) in [6, 6.07) is 10.9. The Balaban J connectivity index is 1.86. The fourth-order valence-electron chi connectivity index (χ4n) is 7.37. The summed E-state index contributed by atoms with van der Waals surface area (Å²) in [5.41, 5.74) is -1.01. The lowest BCUT2D eigenvalue weighted by Gasteiger charge is -2.15. The number of aromatic nitrogens is 2. The Morgan fingerprint density at radius 2 is 0.700 bits per heavy atom. The maximum atomic E-state index is 14.1. The molecule has 0 saturated carbocycles. The van der Waals surface area contributed by atoms with Crippen molar-refractivity contribution in [3.05, 3.63) is 77.8 Å². The predicted octanol–water partition coefficient (Wildman–Crippen LogP) is 7.09. The molecule has 6 heteroatoms. The van der Waals surface area contributed by atoms with Gasteiger partial charge in [0.15, 0.2) is 0 Å². The molecule has 0 spiro atoms. The smallest absolute Gasteiger partial charge is 0.262 e. The minimum Gasteiger partial charge on any atom is -0.271 e. The van der Waals surface area contributed by atoms with E-state index in [-0.39, 0.29) is 34.3 Å². The predicted molar refractivity (Wildman–Crippen MR) is 166 cm³/mol. The van der Waals surface area contributed by atoms with Gasteiger partial charge in [0.2, 0.25) is 0 Å². The Morgan fingerprint density at radius 3 is 0.925 bits per heavy atom. The van der Waals surface area contributed by atoms with Gasteiger partial charge in [-0.15, -0.1) is 0 Å². The summed E-state index contributed by atoms with van der Waals surface area (Å²) in [7, 11) is 0. The molecule has 6 rings (SSSR count). The van der Waals surface area contributed by atoms with Crippen molar-refractivity contribution in [1.82, 2.24) is 9.13 Å². The number of benzene rings is 4. The summed E-state index contributed by atoms with van der Waals surface area (Å²) in [6.45, 7) is 8.29. The highest BCUT2D eigenvalue weighted by Gasteiger charge is 2.29. The molecule has 2 heterocycles. The van der Waals surface area contributed by atoms with E-state index >= 15 is 0 Å². The SMILES string of the molecule is CCCC(CCC)n1c(=O)c2c3cccc4c5c(=O)n(C(CCC)CCC)c(=O)c5c5cccc(c2c1=O)c5c34. The molecule has 0 amide bonds. The maximum absolute atomic E-state index is 14.1. The van der Waals surface area contributed by atoms with Crippen LogP contribution in [0.2, 0.25) is 0 Å². The Kier molecular flexibility index (Phi) is 6.60. The molecule has 0 aliphatic carbocycles. The molecular weight excluding hydrogens is 500 g/mol. The Labute approximate surface area is 231 Å². The number of nitrogens with zero attached hydrogens (tertiary/aromatic N) is 2. The van der Waals surface area contributed by atoms with Crippen LogP contribution in [0.15, 0.2) is 55.6 Å². The minimum atomic E-state index is -0.252. The Bertz CT molecular complexity index is 1820. The first kappa shape index (κ1) is 26.4. The van der Waals surface area contributed by atoms with Crippen LogP contribution in [-0.4, -0.2) is 9.13 Å². The lowest BCUT2D eigenvalue weighted by molar-refractivity contribution is 0.413. The van der Waals surface area contributed by atoms with Crippen LogP contribution in [0.3, 0.4) is 0 Å². The third-order valence-electron chi connectivity index (χ3n) is 8.90. The fourth-order valence-corrected chi connectivity index (χ4v) is 7.37.